The van der Waals surface area contributed by atoms with Crippen molar-refractivity contribution in [3.8, 4) is 11.9 Å². The Morgan fingerprint density at radius 1 is 1.16 bits per heavy atom. The Hall–Kier alpha value is -4.33. The number of esters is 1. The monoisotopic (exact) mass is 609 g/mol. The van der Waals surface area contributed by atoms with Crippen molar-refractivity contribution in [1.29, 1.82) is 5.26 Å². The molecule has 45 heavy (non-hydrogen) atoms. The van der Waals surface area contributed by atoms with Crippen molar-refractivity contribution in [1.82, 2.24) is 19.4 Å². The third-order valence-corrected chi connectivity index (χ3v) is 9.73. The van der Waals surface area contributed by atoms with E-state index in [-0.39, 0.29) is 29.2 Å². The summed E-state index contributed by atoms with van der Waals surface area (Å²) < 4.78 is 33.3. The number of imidazole rings is 1. The molecule has 2 aliphatic heterocycles. The second kappa shape index (κ2) is 11.5. The molecule has 3 aliphatic rings. The molecule has 2 unspecified atom stereocenters. The number of pyridine rings is 1. The first-order valence-corrected chi connectivity index (χ1v) is 15.5. The molecule has 1 spiro atoms. The molecular weight excluding hydrogens is 573 g/mol. The van der Waals surface area contributed by atoms with Gasteiger partial charge in [0.1, 0.15) is 18.2 Å². The summed E-state index contributed by atoms with van der Waals surface area (Å²) in [6, 6.07) is 17.7. The number of halogens is 1. The number of nitriles is 1. The molecule has 0 amide bonds. The van der Waals surface area contributed by atoms with Gasteiger partial charge in [0.05, 0.1) is 60.6 Å². The Bertz CT molecular complexity index is 1800. The summed E-state index contributed by atoms with van der Waals surface area (Å²) in [4.78, 5) is 24.5. The van der Waals surface area contributed by atoms with Gasteiger partial charge in [0.2, 0.25) is 5.88 Å². The van der Waals surface area contributed by atoms with Gasteiger partial charge < -0.3 is 18.8 Å². The van der Waals surface area contributed by atoms with E-state index >= 15 is 0 Å². The van der Waals surface area contributed by atoms with Crippen molar-refractivity contribution in [2.75, 3.05) is 26.8 Å². The first-order valence-electron chi connectivity index (χ1n) is 15.5. The predicted molar refractivity (Wildman–Crippen MR) is 164 cm³/mol. The molecule has 0 N–H and O–H groups in total. The Balaban J connectivity index is 1.01. The van der Waals surface area contributed by atoms with Crippen LogP contribution in [-0.4, -0.2) is 57.8 Å². The maximum atomic E-state index is 14.3. The number of benzene rings is 2. The lowest BCUT2D eigenvalue weighted by molar-refractivity contribution is -0.142. The highest BCUT2D eigenvalue weighted by Crippen LogP contribution is 2.52. The molecule has 0 bridgehead atoms. The molecule has 0 radical (unpaired) electrons. The number of aromatic nitrogens is 3. The lowest BCUT2D eigenvalue weighted by Gasteiger charge is -2.48. The summed E-state index contributed by atoms with van der Waals surface area (Å²) in [5.74, 6) is 0.998. The molecule has 1 saturated carbocycles. The number of hydrogen-bond donors (Lipinski definition) is 0. The van der Waals surface area contributed by atoms with Gasteiger partial charge in [-0.25, -0.2) is 19.2 Å². The summed E-state index contributed by atoms with van der Waals surface area (Å²) >= 11 is 0. The minimum atomic E-state index is -0.454. The highest BCUT2D eigenvalue weighted by molar-refractivity contribution is 5.93. The fraction of sp³-hybridized carbons (Fsp3) is 0.429. The SMILES string of the molecule is COC(=O)c1ccc2nc(CN3CC4(CCC(c5cccc(OCc6ccc(C#N)cc6F)n5)C4)C3)n(CC3(C)CCO3)c2c1. The van der Waals surface area contributed by atoms with Gasteiger partial charge in [0, 0.05) is 42.8 Å². The molecule has 2 aromatic carbocycles. The van der Waals surface area contributed by atoms with Gasteiger partial charge >= 0.3 is 5.97 Å². The van der Waals surface area contributed by atoms with Crippen molar-refractivity contribution in [3.63, 3.8) is 0 Å². The smallest absolute Gasteiger partial charge is 0.337 e. The van der Waals surface area contributed by atoms with E-state index in [0.717, 1.165) is 74.5 Å². The zero-order valence-electron chi connectivity index (χ0n) is 25.6. The van der Waals surface area contributed by atoms with E-state index in [9.17, 15) is 9.18 Å². The minimum Gasteiger partial charge on any atom is -0.473 e. The lowest BCUT2D eigenvalue weighted by atomic mass is 9.77. The first kappa shape index (κ1) is 29.4. The molecule has 4 aromatic rings. The molecule has 2 atom stereocenters. The van der Waals surface area contributed by atoms with E-state index in [1.165, 1.54) is 13.2 Å². The second-order valence-corrected chi connectivity index (χ2v) is 13.0. The van der Waals surface area contributed by atoms with E-state index in [1.54, 1.807) is 24.3 Å². The van der Waals surface area contributed by atoms with Gasteiger partial charge in [0.25, 0.3) is 0 Å². The molecule has 9 nitrogen and oxygen atoms in total. The Labute approximate surface area is 261 Å². The fourth-order valence-electron chi connectivity index (χ4n) is 7.21. The average molecular weight is 610 g/mol. The van der Waals surface area contributed by atoms with Gasteiger partial charge in [-0.05, 0) is 68.0 Å². The van der Waals surface area contributed by atoms with Gasteiger partial charge in [0.15, 0.2) is 0 Å². The summed E-state index contributed by atoms with van der Waals surface area (Å²) in [6.45, 7) is 6.38. The molecule has 1 aliphatic carbocycles. The zero-order valence-corrected chi connectivity index (χ0v) is 25.6. The molecular formula is C35H36FN5O4. The number of rotatable bonds is 9. The van der Waals surface area contributed by atoms with E-state index in [0.29, 0.717) is 29.5 Å². The molecule has 7 rings (SSSR count). The van der Waals surface area contributed by atoms with Crippen LogP contribution in [0.15, 0.2) is 54.6 Å². The van der Waals surface area contributed by atoms with E-state index < -0.39 is 5.82 Å². The summed E-state index contributed by atoms with van der Waals surface area (Å²) in [5.41, 5.74) is 4.02. The van der Waals surface area contributed by atoms with Crippen LogP contribution in [0.4, 0.5) is 4.39 Å². The summed E-state index contributed by atoms with van der Waals surface area (Å²) in [5, 5.41) is 8.97. The highest BCUT2D eigenvalue weighted by atomic mass is 19.1. The van der Waals surface area contributed by atoms with Crippen LogP contribution in [0.2, 0.25) is 0 Å². The Morgan fingerprint density at radius 2 is 2.00 bits per heavy atom. The predicted octanol–water partition coefficient (Wildman–Crippen LogP) is 5.76. The van der Waals surface area contributed by atoms with Crippen LogP contribution in [0.3, 0.4) is 0 Å². The standard InChI is InChI=1S/C35H36FN5O4/c1-34(12-13-45-34)20-41-30-15-24(33(42)43-2)8-9-29(30)38-31(41)18-40-21-35(22-40)11-10-25(16-35)28-4-3-5-32(39-28)44-19-26-7-6-23(17-37)14-27(26)36/h3-9,14-15,25H,10-13,16,18-22H2,1-2H3. The van der Waals surface area contributed by atoms with Gasteiger partial charge in [-0.15, -0.1) is 0 Å². The molecule has 2 saturated heterocycles. The number of hydrogen-bond acceptors (Lipinski definition) is 8. The van der Waals surface area contributed by atoms with Gasteiger partial charge in [-0.1, -0.05) is 12.1 Å². The topological polar surface area (TPSA) is 102 Å². The number of likely N-dealkylation sites (tertiary alicyclic amines) is 1. The highest BCUT2D eigenvalue weighted by Gasteiger charge is 2.48. The lowest BCUT2D eigenvalue weighted by Crippen LogP contribution is -2.54. The number of methoxy groups -OCH3 is 1. The maximum absolute atomic E-state index is 14.3. The van der Waals surface area contributed by atoms with E-state index in [2.05, 4.69) is 22.5 Å². The number of ether oxygens (including phenoxy) is 3. The van der Waals surface area contributed by atoms with Crippen LogP contribution in [0, 0.1) is 22.6 Å². The molecule has 10 heteroatoms. The molecule has 232 valence electrons. The van der Waals surface area contributed by atoms with E-state index in [1.807, 2.05) is 24.3 Å². The van der Waals surface area contributed by atoms with Crippen LogP contribution >= 0.6 is 0 Å². The van der Waals surface area contributed by atoms with Crippen molar-refractivity contribution in [2.45, 2.75) is 63.8 Å². The zero-order chi connectivity index (χ0) is 31.2. The summed E-state index contributed by atoms with van der Waals surface area (Å²) in [6.07, 6.45) is 4.26. The van der Waals surface area contributed by atoms with Crippen LogP contribution in [0.25, 0.3) is 11.0 Å². The number of carbonyl (C=O) groups excluding carboxylic acids is 1. The molecule has 4 heterocycles. The third kappa shape index (κ3) is 5.78. The second-order valence-electron chi connectivity index (χ2n) is 13.0. The molecule has 2 aromatic heterocycles. The normalized spacial score (nSPS) is 22.1. The first-order chi connectivity index (χ1) is 21.7. The van der Waals surface area contributed by atoms with Crippen molar-refractivity contribution < 1.29 is 23.4 Å². The Morgan fingerprint density at radius 3 is 2.73 bits per heavy atom. The average Bonchev–Trinajstić information content (AvgIpc) is 3.61. The molecule has 3 fully saturated rings. The van der Waals surface area contributed by atoms with Crippen molar-refractivity contribution >= 4 is 17.0 Å². The largest absolute Gasteiger partial charge is 0.473 e. The van der Waals surface area contributed by atoms with Crippen LogP contribution in [-0.2, 0) is 29.2 Å². The third-order valence-electron chi connectivity index (χ3n) is 9.73. The van der Waals surface area contributed by atoms with Gasteiger partial charge in [-0.2, -0.15) is 5.26 Å². The number of carbonyl (C=O) groups is 1. The Kier molecular flexibility index (Phi) is 7.54. The van der Waals surface area contributed by atoms with E-state index in [4.69, 9.17) is 29.4 Å². The van der Waals surface area contributed by atoms with Crippen LogP contribution in [0.5, 0.6) is 5.88 Å². The fourth-order valence-corrected chi connectivity index (χ4v) is 7.21. The number of fused-ring (bicyclic) bond motifs is 1. The summed E-state index contributed by atoms with van der Waals surface area (Å²) in [7, 11) is 1.40. The van der Waals surface area contributed by atoms with Crippen LogP contribution < -0.4 is 4.74 Å². The van der Waals surface area contributed by atoms with Crippen molar-refractivity contribution in [2.24, 2.45) is 5.41 Å². The van der Waals surface area contributed by atoms with Crippen molar-refractivity contribution in [3.05, 3.63) is 88.6 Å². The number of nitrogens with zero attached hydrogens (tertiary/aromatic N) is 5. The maximum Gasteiger partial charge on any atom is 0.337 e. The van der Waals surface area contributed by atoms with Gasteiger partial charge in [-0.3, -0.25) is 4.90 Å². The van der Waals surface area contributed by atoms with Crippen LogP contribution in [0.1, 0.15) is 71.5 Å². The minimum absolute atomic E-state index is 0.0532. The quantitative estimate of drug-likeness (QED) is 0.221.